The quantitative estimate of drug-likeness (QED) is 0.483. The van der Waals surface area contributed by atoms with Gasteiger partial charge in [-0.05, 0) is 30.7 Å². The highest BCUT2D eigenvalue weighted by Gasteiger charge is 2.24. The fourth-order valence-electron chi connectivity index (χ4n) is 2.66. The molecular formula is C17H16ClN3O4. The molecule has 130 valence electrons. The molecule has 1 N–H and O–H groups in total. The van der Waals surface area contributed by atoms with Crippen LogP contribution in [-0.4, -0.2) is 30.5 Å². The first-order valence-electron chi connectivity index (χ1n) is 7.76. The summed E-state index contributed by atoms with van der Waals surface area (Å²) in [6, 6.07) is 11.9. The molecule has 8 heteroatoms. The Morgan fingerprint density at radius 1 is 1.28 bits per heavy atom. The van der Waals surface area contributed by atoms with Crippen LogP contribution in [0.5, 0.6) is 5.75 Å². The van der Waals surface area contributed by atoms with Crippen LogP contribution in [0.4, 0.5) is 17.1 Å². The SMILES string of the molecule is O=C1COc2ccccc2N1CCCNc1ccc(Cl)cc1[N+](=O)[O-]. The minimum absolute atomic E-state index is 0.0209. The van der Waals surface area contributed by atoms with E-state index in [1.807, 2.05) is 24.3 Å². The summed E-state index contributed by atoms with van der Waals surface area (Å²) < 4.78 is 5.40. The predicted octanol–water partition coefficient (Wildman–Crippen LogP) is 3.48. The lowest BCUT2D eigenvalue weighted by Crippen LogP contribution is -2.39. The molecule has 0 saturated carbocycles. The highest BCUT2D eigenvalue weighted by atomic mass is 35.5. The number of hydrogen-bond donors (Lipinski definition) is 1. The summed E-state index contributed by atoms with van der Waals surface area (Å²) in [5, 5.41) is 14.4. The van der Waals surface area contributed by atoms with Crippen molar-refractivity contribution in [2.45, 2.75) is 6.42 Å². The maximum absolute atomic E-state index is 12.1. The zero-order valence-corrected chi connectivity index (χ0v) is 14.0. The van der Waals surface area contributed by atoms with E-state index in [9.17, 15) is 14.9 Å². The molecule has 1 aliphatic heterocycles. The van der Waals surface area contributed by atoms with Gasteiger partial charge in [-0.1, -0.05) is 23.7 Å². The smallest absolute Gasteiger partial charge is 0.293 e. The van der Waals surface area contributed by atoms with E-state index in [0.29, 0.717) is 36.0 Å². The molecule has 0 bridgehead atoms. The second-order valence-corrected chi connectivity index (χ2v) is 5.94. The standard InChI is InChI=1S/C17H16ClN3O4/c18-12-6-7-13(15(10-12)21(23)24)19-8-3-9-20-14-4-1-2-5-16(14)25-11-17(20)22/h1-2,4-7,10,19H,3,8-9,11H2. The summed E-state index contributed by atoms with van der Waals surface area (Å²) in [5.74, 6) is 0.583. The van der Waals surface area contributed by atoms with Gasteiger partial charge in [0.1, 0.15) is 11.4 Å². The van der Waals surface area contributed by atoms with Crippen LogP contribution < -0.4 is 15.0 Å². The van der Waals surface area contributed by atoms with Crippen LogP contribution >= 0.6 is 11.6 Å². The van der Waals surface area contributed by atoms with E-state index in [1.165, 1.54) is 6.07 Å². The van der Waals surface area contributed by atoms with Crippen LogP contribution in [0.2, 0.25) is 5.02 Å². The summed E-state index contributed by atoms with van der Waals surface area (Å²) in [4.78, 5) is 24.4. The number of hydrogen-bond acceptors (Lipinski definition) is 5. The number of para-hydroxylation sites is 2. The Kier molecular flexibility index (Phi) is 5.04. The number of halogens is 1. The molecule has 3 rings (SSSR count). The zero-order valence-electron chi connectivity index (χ0n) is 13.3. The molecule has 1 amide bonds. The average molecular weight is 362 g/mol. The van der Waals surface area contributed by atoms with Crippen molar-refractivity contribution in [1.29, 1.82) is 0 Å². The van der Waals surface area contributed by atoms with Crippen molar-refractivity contribution < 1.29 is 14.5 Å². The number of nitrogens with one attached hydrogen (secondary N) is 1. The lowest BCUT2D eigenvalue weighted by atomic mass is 10.2. The highest BCUT2D eigenvalue weighted by molar-refractivity contribution is 6.30. The lowest BCUT2D eigenvalue weighted by Gasteiger charge is -2.29. The normalized spacial score (nSPS) is 13.2. The fourth-order valence-corrected chi connectivity index (χ4v) is 2.83. The maximum Gasteiger partial charge on any atom is 0.293 e. The number of carbonyl (C=O) groups is 1. The van der Waals surface area contributed by atoms with E-state index in [2.05, 4.69) is 5.32 Å². The molecule has 7 nitrogen and oxygen atoms in total. The second kappa shape index (κ2) is 7.40. The van der Waals surface area contributed by atoms with Gasteiger partial charge in [-0.3, -0.25) is 14.9 Å². The van der Waals surface area contributed by atoms with E-state index < -0.39 is 4.92 Å². The van der Waals surface area contributed by atoms with Gasteiger partial charge in [-0.15, -0.1) is 0 Å². The van der Waals surface area contributed by atoms with Gasteiger partial charge in [0, 0.05) is 24.2 Å². The number of carbonyl (C=O) groups excluding carboxylic acids is 1. The van der Waals surface area contributed by atoms with Crippen molar-refractivity contribution in [1.82, 2.24) is 0 Å². The second-order valence-electron chi connectivity index (χ2n) is 5.50. The Balaban J connectivity index is 1.61. The van der Waals surface area contributed by atoms with Gasteiger partial charge >= 0.3 is 0 Å². The molecule has 0 fully saturated rings. The third kappa shape index (κ3) is 3.83. The minimum atomic E-state index is -0.476. The van der Waals surface area contributed by atoms with Gasteiger partial charge in [-0.25, -0.2) is 0 Å². The van der Waals surface area contributed by atoms with Crippen LogP contribution in [0, 0.1) is 10.1 Å². The third-order valence-corrected chi connectivity index (χ3v) is 4.07. The van der Waals surface area contributed by atoms with E-state index in [4.69, 9.17) is 16.3 Å². The Labute approximate surface area is 149 Å². The van der Waals surface area contributed by atoms with Crippen molar-refractivity contribution in [3.63, 3.8) is 0 Å². The minimum Gasteiger partial charge on any atom is -0.482 e. The van der Waals surface area contributed by atoms with Gasteiger partial charge in [0.2, 0.25) is 0 Å². The van der Waals surface area contributed by atoms with Crippen molar-refractivity contribution in [3.05, 3.63) is 57.6 Å². The predicted molar refractivity (Wildman–Crippen MR) is 95.5 cm³/mol. The molecule has 0 aliphatic carbocycles. The molecule has 0 aromatic heterocycles. The van der Waals surface area contributed by atoms with E-state index >= 15 is 0 Å². The number of nitrogens with zero attached hydrogens (tertiary/aromatic N) is 2. The molecule has 0 spiro atoms. The first kappa shape index (κ1) is 17.0. The zero-order chi connectivity index (χ0) is 17.8. The van der Waals surface area contributed by atoms with Crippen molar-refractivity contribution in [3.8, 4) is 5.75 Å². The number of rotatable bonds is 6. The van der Waals surface area contributed by atoms with Crippen molar-refractivity contribution in [2.24, 2.45) is 0 Å². The Morgan fingerprint density at radius 2 is 2.08 bits per heavy atom. The Hall–Kier alpha value is -2.80. The van der Waals surface area contributed by atoms with Crippen LogP contribution in [0.3, 0.4) is 0 Å². The monoisotopic (exact) mass is 361 g/mol. The third-order valence-electron chi connectivity index (χ3n) is 3.84. The molecule has 0 saturated heterocycles. The molecule has 2 aromatic rings. The number of amides is 1. The number of anilines is 2. The van der Waals surface area contributed by atoms with Gasteiger partial charge in [0.05, 0.1) is 10.6 Å². The van der Waals surface area contributed by atoms with Crippen LogP contribution in [0.1, 0.15) is 6.42 Å². The van der Waals surface area contributed by atoms with Gasteiger partial charge in [0.15, 0.2) is 6.61 Å². The Bertz CT molecular complexity index is 812. The Morgan fingerprint density at radius 3 is 2.88 bits per heavy atom. The largest absolute Gasteiger partial charge is 0.482 e. The maximum atomic E-state index is 12.1. The molecule has 25 heavy (non-hydrogen) atoms. The van der Waals surface area contributed by atoms with Crippen LogP contribution in [0.15, 0.2) is 42.5 Å². The van der Waals surface area contributed by atoms with Gasteiger partial charge in [0.25, 0.3) is 11.6 Å². The first-order valence-corrected chi connectivity index (χ1v) is 8.14. The van der Waals surface area contributed by atoms with Crippen molar-refractivity contribution in [2.75, 3.05) is 29.9 Å². The molecule has 0 atom stereocenters. The molecular weight excluding hydrogens is 346 g/mol. The summed E-state index contributed by atoms with van der Waals surface area (Å²) in [6.07, 6.45) is 0.625. The molecule has 0 radical (unpaired) electrons. The summed E-state index contributed by atoms with van der Waals surface area (Å²) in [7, 11) is 0. The number of nitro groups is 1. The molecule has 2 aromatic carbocycles. The van der Waals surface area contributed by atoms with Crippen molar-refractivity contribution >= 4 is 34.6 Å². The fraction of sp³-hybridized carbons (Fsp3) is 0.235. The molecule has 0 unspecified atom stereocenters. The summed E-state index contributed by atoms with van der Waals surface area (Å²) in [6.45, 7) is 0.996. The lowest BCUT2D eigenvalue weighted by molar-refractivity contribution is -0.383. The van der Waals surface area contributed by atoms with E-state index in [-0.39, 0.29) is 18.2 Å². The topological polar surface area (TPSA) is 84.7 Å². The van der Waals surface area contributed by atoms with E-state index in [0.717, 1.165) is 5.69 Å². The van der Waals surface area contributed by atoms with Gasteiger partial charge < -0.3 is 15.0 Å². The molecule has 1 heterocycles. The first-order chi connectivity index (χ1) is 12.1. The number of ether oxygens (including phenoxy) is 1. The molecule has 1 aliphatic rings. The summed E-state index contributed by atoms with van der Waals surface area (Å²) >= 11 is 5.80. The van der Waals surface area contributed by atoms with Crippen LogP contribution in [0.25, 0.3) is 0 Å². The van der Waals surface area contributed by atoms with E-state index in [1.54, 1.807) is 17.0 Å². The average Bonchev–Trinajstić information content (AvgIpc) is 2.61. The number of nitro benzene ring substituents is 1. The number of benzene rings is 2. The summed E-state index contributed by atoms with van der Waals surface area (Å²) in [5.41, 5.74) is 1.08. The highest BCUT2D eigenvalue weighted by Crippen LogP contribution is 2.31. The van der Waals surface area contributed by atoms with Gasteiger partial charge in [-0.2, -0.15) is 0 Å². The number of fused-ring (bicyclic) bond motifs is 1. The van der Waals surface area contributed by atoms with Crippen LogP contribution in [-0.2, 0) is 4.79 Å².